The highest BCUT2D eigenvalue weighted by atomic mass is 79.9. The number of pyridine rings is 1. The largest absolute Gasteiger partial charge is 0.508 e. The zero-order valence-corrected chi connectivity index (χ0v) is 14.0. The van der Waals surface area contributed by atoms with Gasteiger partial charge in [-0.15, -0.1) is 0 Å². The lowest BCUT2D eigenvalue weighted by Gasteiger charge is -2.12. The van der Waals surface area contributed by atoms with E-state index in [9.17, 15) is 10.4 Å². The number of aromatic nitrogens is 1. The number of hydrogen-bond acceptors (Lipinski definition) is 3. The molecule has 0 unspecified atom stereocenters. The molecule has 3 nitrogen and oxygen atoms in total. The predicted octanol–water partition coefficient (Wildman–Crippen LogP) is 5.06. The number of hydrogen-bond donors (Lipinski definition) is 1. The average molecular weight is 365 g/mol. The first-order valence-corrected chi connectivity index (χ1v) is 7.85. The number of phenolic OH excluding ortho intramolecular Hbond substituents is 1. The van der Waals surface area contributed by atoms with E-state index in [-0.39, 0.29) is 5.75 Å². The third-order valence-electron chi connectivity index (χ3n) is 3.64. The van der Waals surface area contributed by atoms with Crippen LogP contribution in [-0.2, 0) is 0 Å². The van der Waals surface area contributed by atoms with E-state index in [1.807, 2.05) is 49.4 Å². The van der Waals surface area contributed by atoms with Crippen molar-refractivity contribution in [2.45, 2.75) is 6.92 Å². The number of aromatic hydroxyl groups is 1. The first kappa shape index (κ1) is 15.3. The Kier molecular flexibility index (Phi) is 4.14. The van der Waals surface area contributed by atoms with Gasteiger partial charge >= 0.3 is 0 Å². The number of halogens is 1. The quantitative estimate of drug-likeness (QED) is 0.690. The van der Waals surface area contributed by atoms with Gasteiger partial charge in [0.2, 0.25) is 0 Å². The van der Waals surface area contributed by atoms with E-state index in [0.29, 0.717) is 11.3 Å². The molecule has 0 saturated carbocycles. The summed E-state index contributed by atoms with van der Waals surface area (Å²) in [5.41, 5.74) is 4.71. The third kappa shape index (κ3) is 2.96. The molecule has 0 saturated heterocycles. The zero-order valence-electron chi connectivity index (χ0n) is 12.4. The number of rotatable bonds is 2. The molecule has 0 aliphatic heterocycles. The van der Waals surface area contributed by atoms with Crippen molar-refractivity contribution in [2.75, 3.05) is 0 Å². The number of benzene rings is 2. The van der Waals surface area contributed by atoms with Crippen molar-refractivity contribution in [3.05, 3.63) is 70.3 Å². The van der Waals surface area contributed by atoms with Gasteiger partial charge < -0.3 is 5.11 Å². The van der Waals surface area contributed by atoms with Crippen molar-refractivity contribution >= 4 is 15.9 Å². The van der Waals surface area contributed by atoms with Crippen LogP contribution in [0.5, 0.6) is 5.75 Å². The normalized spacial score (nSPS) is 10.3. The number of phenols is 1. The van der Waals surface area contributed by atoms with Gasteiger partial charge in [-0.05, 0) is 48.9 Å². The highest BCUT2D eigenvalue weighted by Gasteiger charge is 2.14. The summed E-state index contributed by atoms with van der Waals surface area (Å²) < 4.78 is 0.929. The molecular weight excluding hydrogens is 352 g/mol. The molecule has 2 aromatic carbocycles. The predicted molar refractivity (Wildman–Crippen MR) is 93.9 cm³/mol. The lowest BCUT2D eigenvalue weighted by atomic mass is 9.97. The van der Waals surface area contributed by atoms with E-state index in [1.54, 1.807) is 12.1 Å². The van der Waals surface area contributed by atoms with Crippen molar-refractivity contribution in [2.24, 2.45) is 0 Å². The fraction of sp³-hybridized carbons (Fsp3) is 0.0526. The minimum atomic E-state index is 0.213. The van der Waals surface area contributed by atoms with Crippen LogP contribution >= 0.6 is 15.9 Å². The third-order valence-corrected chi connectivity index (χ3v) is 4.33. The van der Waals surface area contributed by atoms with E-state index in [0.717, 1.165) is 26.9 Å². The SMILES string of the molecule is Cc1nc(-c2ccc(O)cc2)cc(-c2ccccc2Br)c1C#N. The van der Waals surface area contributed by atoms with Gasteiger partial charge in [0, 0.05) is 15.6 Å². The minimum absolute atomic E-state index is 0.213. The first-order chi connectivity index (χ1) is 11.1. The molecule has 4 heteroatoms. The molecule has 1 N–H and O–H groups in total. The standard InChI is InChI=1S/C19H13BrN2O/c1-12-17(11-21)16(15-4-2-3-5-18(15)20)10-19(22-12)13-6-8-14(23)9-7-13/h2-10,23H,1H3. The summed E-state index contributed by atoms with van der Waals surface area (Å²) in [5.74, 6) is 0.213. The molecule has 0 aliphatic carbocycles. The molecule has 3 aromatic rings. The second kappa shape index (κ2) is 6.23. The topological polar surface area (TPSA) is 56.9 Å². The van der Waals surface area contributed by atoms with Crippen molar-refractivity contribution in [3.8, 4) is 34.2 Å². The second-order valence-electron chi connectivity index (χ2n) is 5.15. The second-order valence-corrected chi connectivity index (χ2v) is 6.01. The number of nitriles is 1. The molecule has 112 valence electrons. The zero-order chi connectivity index (χ0) is 16.4. The van der Waals surface area contributed by atoms with Gasteiger partial charge in [0.1, 0.15) is 11.8 Å². The summed E-state index contributed by atoms with van der Waals surface area (Å²) in [6.07, 6.45) is 0. The lowest BCUT2D eigenvalue weighted by molar-refractivity contribution is 0.475. The van der Waals surface area contributed by atoms with Crippen LogP contribution in [0.25, 0.3) is 22.4 Å². The molecule has 0 spiro atoms. The Morgan fingerprint density at radius 1 is 1.04 bits per heavy atom. The van der Waals surface area contributed by atoms with E-state index < -0.39 is 0 Å². The summed E-state index contributed by atoms with van der Waals surface area (Å²) in [5, 5.41) is 19.0. The maximum absolute atomic E-state index is 9.51. The average Bonchev–Trinajstić information content (AvgIpc) is 2.55. The maximum Gasteiger partial charge on any atom is 0.115 e. The molecular formula is C19H13BrN2O. The van der Waals surface area contributed by atoms with Crippen LogP contribution in [0.15, 0.2) is 59.1 Å². The lowest BCUT2D eigenvalue weighted by Crippen LogP contribution is -1.96. The van der Waals surface area contributed by atoms with E-state index >= 15 is 0 Å². The molecule has 0 amide bonds. The monoisotopic (exact) mass is 364 g/mol. The molecule has 3 rings (SSSR count). The summed E-state index contributed by atoms with van der Waals surface area (Å²) in [6, 6.07) is 18.9. The summed E-state index contributed by atoms with van der Waals surface area (Å²) >= 11 is 3.55. The van der Waals surface area contributed by atoms with Gasteiger partial charge in [-0.1, -0.05) is 34.1 Å². The fourth-order valence-corrected chi connectivity index (χ4v) is 2.98. The van der Waals surface area contributed by atoms with Gasteiger partial charge in [0.25, 0.3) is 0 Å². The first-order valence-electron chi connectivity index (χ1n) is 7.06. The van der Waals surface area contributed by atoms with Crippen molar-refractivity contribution in [1.29, 1.82) is 5.26 Å². The molecule has 1 aromatic heterocycles. The summed E-state index contributed by atoms with van der Waals surface area (Å²) in [4.78, 5) is 4.54. The van der Waals surface area contributed by atoms with Gasteiger partial charge in [-0.3, -0.25) is 4.98 Å². The minimum Gasteiger partial charge on any atom is -0.508 e. The molecule has 0 bridgehead atoms. The highest BCUT2D eigenvalue weighted by Crippen LogP contribution is 2.34. The van der Waals surface area contributed by atoms with Crippen LogP contribution < -0.4 is 0 Å². The Labute approximate surface area is 143 Å². The molecule has 0 aliphatic rings. The molecule has 0 atom stereocenters. The van der Waals surface area contributed by atoms with Crippen molar-refractivity contribution in [3.63, 3.8) is 0 Å². The van der Waals surface area contributed by atoms with Crippen LogP contribution in [0.1, 0.15) is 11.3 Å². The fourth-order valence-electron chi connectivity index (χ4n) is 2.49. The summed E-state index contributed by atoms with van der Waals surface area (Å²) in [7, 11) is 0. The van der Waals surface area contributed by atoms with E-state index in [2.05, 4.69) is 27.0 Å². The molecule has 0 radical (unpaired) electrons. The van der Waals surface area contributed by atoms with E-state index in [4.69, 9.17) is 0 Å². The smallest absolute Gasteiger partial charge is 0.115 e. The van der Waals surface area contributed by atoms with Gasteiger partial charge in [0.05, 0.1) is 17.0 Å². The number of nitrogens with zero attached hydrogens (tertiary/aromatic N) is 2. The Balaban J connectivity index is 2.25. The van der Waals surface area contributed by atoms with Crippen molar-refractivity contribution in [1.82, 2.24) is 4.98 Å². The Hall–Kier alpha value is -2.64. The van der Waals surface area contributed by atoms with Crippen LogP contribution in [0, 0.1) is 18.3 Å². The Bertz CT molecular complexity index is 912. The van der Waals surface area contributed by atoms with Gasteiger partial charge in [-0.2, -0.15) is 5.26 Å². The molecule has 0 fully saturated rings. The number of aryl methyl sites for hydroxylation is 1. The molecule has 23 heavy (non-hydrogen) atoms. The van der Waals surface area contributed by atoms with Crippen LogP contribution in [0.3, 0.4) is 0 Å². The Morgan fingerprint density at radius 3 is 2.39 bits per heavy atom. The van der Waals surface area contributed by atoms with Gasteiger partial charge in [0.15, 0.2) is 0 Å². The summed E-state index contributed by atoms with van der Waals surface area (Å²) in [6.45, 7) is 1.84. The van der Waals surface area contributed by atoms with Crippen LogP contribution in [0.4, 0.5) is 0 Å². The highest BCUT2D eigenvalue weighted by molar-refractivity contribution is 9.10. The van der Waals surface area contributed by atoms with Crippen LogP contribution in [-0.4, -0.2) is 10.1 Å². The van der Waals surface area contributed by atoms with Crippen LogP contribution in [0.2, 0.25) is 0 Å². The molecule has 1 heterocycles. The Morgan fingerprint density at radius 2 is 1.74 bits per heavy atom. The van der Waals surface area contributed by atoms with E-state index in [1.165, 1.54) is 0 Å². The van der Waals surface area contributed by atoms with Gasteiger partial charge in [-0.25, -0.2) is 0 Å². The maximum atomic E-state index is 9.51. The van der Waals surface area contributed by atoms with Crippen molar-refractivity contribution < 1.29 is 5.11 Å².